The molecule has 4 aromatic rings. The molecule has 1 aliphatic heterocycles. The molecule has 13 nitrogen and oxygen atoms in total. The van der Waals surface area contributed by atoms with Gasteiger partial charge in [0.05, 0.1) is 32.0 Å². The quantitative estimate of drug-likeness (QED) is 0.0677. The number of rotatable bonds is 14. The highest BCUT2D eigenvalue weighted by Gasteiger charge is 2.52. The van der Waals surface area contributed by atoms with Crippen LogP contribution in [-0.4, -0.2) is 76.8 Å². The van der Waals surface area contributed by atoms with E-state index in [2.05, 4.69) is 29.8 Å². The van der Waals surface area contributed by atoms with Crippen molar-refractivity contribution in [1.82, 2.24) is 9.21 Å². The second kappa shape index (κ2) is 19.3. The van der Waals surface area contributed by atoms with E-state index in [1.807, 2.05) is 83.1 Å². The molecule has 1 fully saturated rings. The van der Waals surface area contributed by atoms with Gasteiger partial charge < -0.3 is 18.9 Å². The summed E-state index contributed by atoms with van der Waals surface area (Å²) in [4.78, 5) is 42.5. The lowest BCUT2D eigenvalue weighted by molar-refractivity contribution is -0.385. The van der Waals surface area contributed by atoms with E-state index in [0.29, 0.717) is 17.7 Å². The topological polar surface area (TPSA) is 155 Å². The minimum absolute atomic E-state index is 0.0411. The van der Waals surface area contributed by atoms with Crippen LogP contribution in [0, 0.1) is 21.4 Å². The van der Waals surface area contributed by atoms with Gasteiger partial charge in [-0.25, -0.2) is 18.0 Å². The van der Waals surface area contributed by atoms with Crippen molar-refractivity contribution in [3.63, 3.8) is 0 Å². The number of benzene rings is 3. The first kappa shape index (κ1) is 51.0. The zero-order valence-corrected chi connectivity index (χ0v) is 43.4. The van der Waals surface area contributed by atoms with Gasteiger partial charge in [-0.15, -0.1) is 11.3 Å². The highest BCUT2D eigenvalue weighted by Crippen LogP contribution is 2.47. The molecule has 0 unspecified atom stereocenters. The fraction of sp³-hybridized carbons (Fsp3) is 0.520. The van der Waals surface area contributed by atoms with Gasteiger partial charge in [-0.3, -0.25) is 15.0 Å². The number of halogens is 1. The van der Waals surface area contributed by atoms with Gasteiger partial charge in [0.2, 0.25) is 10.0 Å². The molecule has 358 valence electrons. The fourth-order valence-corrected chi connectivity index (χ4v) is 12.3. The predicted molar refractivity (Wildman–Crippen MR) is 260 cm³/mol. The van der Waals surface area contributed by atoms with Crippen LogP contribution in [0.5, 0.6) is 5.75 Å². The van der Waals surface area contributed by atoms with Crippen LogP contribution in [0.15, 0.2) is 76.1 Å². The number of ether oxygens (including phenoxy) is 4. The van der Waals surface area contributed by atoms with Gasteiger partial charge in [0.15, 0.2) is 0 Å². The van der Waals surface area contributed by atoms with Crippen molar-refractivity contribution in [2.75, 3.05) is 13.1 Å². The molecule has 3 aromatic carbocycles. The molecule has 16 heteroatoms. The van der Waals surface area contributed by atoms with E-state index in [-0.39, 0.29) is 52.1 Å². The standard InChI is InChI=1S/C50H64BrN3O10S2/c1-31(2)28-52(66(59,60)35-21-22-39(54(57)58)38(51)26-35)29-41-40(53(50(11,12)62-41)46(56)64-48(6,7)8)25-32-17-19-34(20-18-32)61-30-33-15-13-14-16-36(33)44-43(45(55)63-47(3,4)5)37-27-49(9,10)24-23-42(37)65-44/h13-22,26,31,40-41H,23-25,27-30H2,1-12H3/t40-,41+/m0/s1. The third kappa shape index (κ3) is 12.0. The molecule has 1 amide bonds. The molecule has 0 spiro atoms. The van der Waals surface area contributed by atoms with Crippen LogP contribution in [0.2, 0.25) is 0 Å². The molecule has 1 aromatic heterocycles. The zero-order valence-electron chi connectivity index (χ0n) is 40.2. The molecule has 2 aliphatic rings. The number of nitro benzene ring substituents is 1. The maximum atomic E-state index is 14.3. The van der Waals surface area contributed by atoms with Crippen molar-refractivity contribution >= 4 is 55.0 Å². The van der Waals surface area contributed by atoms with E-state index < -0.39 is 50.1 Å². The predicted octanol–water partition coefficient (Wildman–Crippen LogP) is 11.8. The monoisotopic (exact) mass is 1010 g/mol. The number of esters is 1. The highest BCUT2D eigenvalue weighted by atomic mass is 79.9. The second-order valence-corrected chi connectivity index (χ2v) is 24.8. The van der Waals surface area contributed by atoms with Gasteiger partial charge in [0.25, 0.3) is 5.69 Å². The summed E-state index contributed by atoms with van der Waals surface area (Å²) in [5, 5.41) is 11.5. The Bertz CT molecular complexity index is 2560. The third-order valence-corrected chi connectivity index (χ3v) is 15.3. The van der Waals surface area contributed by atoms with E-state index in [1.54, 1.807) is 50.9 Å². The summed E-state index contributed by atoms with van der Waals surface area (Å²) in [5.41, 5.74) is 1.59. The van der Waals surface area contributed by atoms with Gasteiger partial charge >= 0.3 is 12.1 Å². The summed E-state index contributed by atoms with van der Waals surface area (Å²) in [6.45, 7) is 23.1. The Kier molecular flexibility index (Phi) is 15.0. The molecule has 6 rings (SSSR count). The Labute approximate surface area is 402 Å². The molecule has 1 saturated heterocycles. The van der Waals surface area contributed by atoms with Crippen molar-refractivity contribution in [3.8, 4) is 16.2 Å². The van der Waals surface area contributed by atoms with Crippen molar-refractivity contribution in [1.29, 1.82) is 0 Å². The lowest BCUT2D eigenvalue weighted by atomic mass is 9.76. The van der Waals surface area contributed by atoms with Crippen LogP contribution in [0.25, 0.3) is 10.4 Å². The number of fused-ring (bicyclic) bond motifs is 1. The first-order valence-electron chi connectivity index (χ1n) is 22.4. The second-order valence-electron chi connectivity index (χ2n) is 21.0. The number of aryl methyl sites for hydroxylation is 1. The van der Waals surface area contributed by atoms with Gasteiger partial charge in [-0.1, -0.05) is 64.1 Å². The highest BCUT2D eigenvalue weighted by molar-refractivity contribution is 9.10. The maximum Gasteiger partial charge on any atom is 0.412 e. The molecule has 2 heterocycles. The fourth-order valence-electron chi connectivity index (χ4n) is 8.59. The van der Waals surface area contributed by atoms with Crippen molar-refractivity contribution in [2.24, 2.45) is 11.3 Å². The van der Waals surface area contributed by atoms with Gasteiger partial charge in [0.1, 0.15) is 29.3 Å². The Balaban J connectivity index is 1.27. The Morgan fingerprint density at radius 1 is 0.985 bits per heavy atom. The minimum atomic E-state index is -4.20. The summed E-state index contributed by atoms with van der Waals surface area (Å²) >= 11 is 4.85. The maximum absolute atomic E-state index is 14.3. The van der Waals surface area contributed by atoms with Crippen molar-refractivity contribution < 1.29 is 41.9 Å². The molecular weight excluding hydrogens is 947 g/mol. The van der Waals surface area contributed by atoms with Crippen LogP contribution in [-0.2, 0) is 50.1 Å². The van der Waals surface area contributed by atoms with Crippen molar-refractivity contribution in [3.05, 3.63) is 108 Å². The van der Waals surface area contributed by atoms with Crippen LogP contribution in [0.4, 0.5) is 10.5 Å². The van der Waals surface area contributed by atoms with Crippen LogP contribution in [0.3, 0.4) is 0 Å². The van der Waals surface area contributed by atoms with Crippen LogP contribution < -0.4 is 4.74 Å². The average Bonchev–Trinajstić information content (AvgIpc) is 3.67. The number of hydrogen-bond acceptors (Lipinski definition) is 11. The molecule has 0 bridgehead atoms. The lowest BCUT2D eigenvalue weighted by Gasteiger charge is -2.35. The van der Waals surface area contributed by atoms with E-state index >= 15 is 0 Å². The van der Waals surface area contributed by atoms with E-state index in [4.69, 9.17) is 18.9 Å². The summed E-state index contributed by atoms with van der Waals surface area (Å²) in [5.74, 6) is 0.209. The molecule has 1 aliphatic carbocycles. The Morgan fingerprint density at radius 3 is 2.24 bits per heavy atom. The normalized spacial score (nSPS) is 18.3. The van der Waals surface area contributed by atoms with E-state index in [1.165, 1.54) is 21.3 Å². The number of hydrogen-bond donors (Lipinski definition) is 0. The Morgan fingerprint density at radius 2 is 1.64 bits per heavy atom. The van der Waals surface area contributed by atoms with Gasteiger partial charge in [-0.05, 0) is 155 Å². The van der Waals surface area contributed by atoms with Crippen LogP contribution >= 0.6 is 27.3 Å². The number of nitro groups is 1. The van der Waals surface area contributed by atoms with Gasteiger partial charge in [-0.2, -0.15) is 4.31 Å². The minimum Gasteiger partial charge on any atom is -0.489 e. The number of carbonyl (C=O) groups excluding carboxylic acids is 2. The number of nitrogens with zero attached hydrogens (tertiary/aromatic N) is 3. The average molecular weight is 1010 g/mol. The lowest BCUT2D eigenvalue weighted by Crippen LogP contribution is -2.52. The smallest absolute Gasteiger partial charge is 0.412 e. The number of sulfonamides is 1. The van der Waals surface area contributed by atoms with Gasteiger partial charge in [0, 0.05) is 28.9 Å². The summed E-state index contributed by atoms with van der Waals surface area (Å²) in [6.07, 6.45) is 1.65. The van der Waals surface area contributed by atoms with E-state index in [0.717, 1.165) is 52.5 Å². The summed E-state index contributed by atoms with van der Waals surface area (Å²) in [6, 6.07) is 18.5. The summed E-state index contributed by atoms with van der Waals surface area (Å²) < 4.78 is 55.0. The van der Waals surface area contributed by atoms with Crippen molar-refractivity contribution in [2.45, 2.75) is 149 Å². The molecule has 2 atom stereocenters. The summed E-state index contributed by atoms with van der Waals surface area (Å²) in [7, 11) is -4.20. The molecule has 0 saturated carbocycles. The zero-order chi connectivity index (χ0) is 48.7. The molecule has 0 radical (unpaired) electrons. The number of carbonyl (C=O) groups is 2. The molecule has 0 N–H and O–H groups in total. The first-order chi connectivity index (χ1) is 30.5. The SMILES string of the molecule is CC(C)CN(C[C@H]1OC(C)(C)N(C(=O)OC(C)(C)C)[C@H]1Cc1ccc(OCc2ccccc2-c2sc3c(c2C(=O)OC(C)(C)C)CC(C)(C)CC3)cc1)S(=O)(=O)c1ccc([N+](=O)[O-])c(Br)c1. The Hall–Kier alpha value is -4.35. The number of thiophene rings is 1. The largest absolute Gasteiger partial charge is 0.489 e. The van der Waals surface area contributed by atoms with E-state index in [9.17, 15) is 28.1 Å². The first-order valence-corrected chi connectivity index (χ1v) is 25.4. The van der Waals surface area contributed by atoms with Crippen LogP contribution in [0.1, 0.15) is 121 Å². The molecular formula is C50H64BrN3O10S2. The molecule has 66 heavy (non-hydrogen) atoms. The number of amides is 1. The third-order valence-electron chi connectivity index (χ3n) is 11.5.